The second kappa shape index (κ2) is 4.40. The van der Waals surface area contributed by atoms with Gasteiger partial charge in [-0.2, -0.15) is 0 Å². The summed E-state index contributed by atoms with van der Waals surface area (Å²) in [7, 11) is 3.70. The van der Waals surface area contributed by atoms with Gasteiger partial charge in [-0.05, 0) is 23.0 Å². The maximum atomic E-state index is 5.26. The van der Waals surface area contributed by atoms with Crippen molar-refractivity contribution in [1.29, 1.82) is 0 Å². The van der Waals surface area contributed by atoms with Gasteiger partial charge in [-0.1, -0.05) is 5.21 Å². The van der Waals surface area contributed by atoms with E-state index in [2.05, 4.69) is 37.5 Å². The minimum Gasteiger partial charge on any atom is -0.311 e. The Labute approximate surface area is 85.8 Å². The Balaban J connectivity index is 2.97. The van der Waals surface area contributed by atoms with E-state index in [4.69, 9.17) is 6.42 Å². The quantitative estimate of drug-likeness (QED) is 0.801. The number of nitrogens with zero attached hydrogens (tertiary/aromatic N) is 3. The molecule has 70 valence electrons. The number of hydrogen-bond donors (Lipinski definition) is 1. The molecule has 0 saturated heterocycles. The molecule has 1 aromatic heterocycles. The Hall–Kier alpha value is -0.860. The topological polar surface area (TPSA) is 42.7 Å². The van der Waals surface area contributed by atoms with E-state index < -0.39 is 0 Å². The highest BCUT2D eigenvalue weighted by atomic mass is 79.9. The van der Waals surface area contributed by atoms with Gasteiger partial charge in [0.2, 0.25) is 0 Å². The molecule has 1 rings (SSSR count). The zero-order valence-electron chi connectivity index (χ0n) is 7.58. The number of halogens is 1. The molecule has 0 aliphatic rings. The highest BCUT2D eigenvalue weighted by Gasteiger charge is 2.17. The third-order valence-electron chi connectivity index (χ3n) is 1.83. The van der Waals surface area contributed by atoms with E-state index in [0.717, 1.165) is 10.3 Å². The fourth-order valence-corrected chi connectivity index (χ4v) is 1.77. The van der Waals surface area contributed by atoms with Crippen LogP contribution in [0.15, 0.2) is 4.60 Å². The lowest BCUT2D eigenvalue weighted by atomic mass is 10.1. The molecule has 0 aliphatic heterocycles. The first kappa shape index (κ1) is 10.2. The van der Waals surface area contributed by atoms with Crippen LogP contribution in [0.3, 0.4) is 0 Å². The zero-order valence-corrected chi connectivity index (χ0v) is 9.17. The number of aryl methyl sites for hydroxylation is 1. The predicted molar refractivity (Wildman–Crippen MR) is 54.0 cm³/mol. The Bertz CT molecular complexity index is 306. The summed E-state index contributed by atoms with van der Waals surface area (Å²) in [5.41, 5.74) is 0.973. The summed E-state index contributed by atoms with van der Waals surface area (Å²) in [6.07, 6.45) is 5.88. The van der Waals surface area contributed by atoms with Crippen LogP contribution in [-0.2, 0) is 7.05 Å². The van der Waals surface area contributed by atoms with E-state index in [1.54, 1.807) is 4.68 Å². The molecule has 0 aromatic carbocycles. The summed E-state index contributed by atoms with van der Waals surface area (Å²) >= 11 is 3.33. The second-order valence-corrected chi connectivity index (χ2v) is 3.39. The first-order chi connectivity index (χ1) is 6.20. The van der Waals surface area contributed by atoms with Crippen molar-refractivity contribution in [3.8, 4) is 12.3 Å². The average molecular weight is 243 g/mol. The number of aromatic nitrogens is 3. The lowest BCUT2D eigenvalue weighted by Crippen LogP contribution is -2.19. The second-order valence-electron chi connectivity index (χ2n) is 2.64. The molecule has 0 amide bonds. The smallest absolute Gasteiger partial charge is 0.153 e. The number of hydrogen-bond acceptors (Lipinski definition) is 3. The molecule has 0 spiro atoms. The Morgan fingerprint density at radius 1 is 1.77 bits per heavy atom. The van der Waals surface area contributed by atoms with Gasteiger partial charge in [-0.25, -0.2) is 4.68 Å². The molecule has 1 unspecified atom stereocenters. The van der Waals surface area contributed by atoms with Gasteiger partial charge < -0.3 is 5.32 Å². The predicted octanol–water partition coefficient (Wildman–Crippen LogP) is 0.861. The molecule has 1 N–H and O–H groups in total. The van der Waals surface area contributed by atoms with Gasteiger partial charge >= 0.3 is 0 Å². The van der Waals surface area contributed by atoms with Crippen molar-refractivity contribution in [2.45, 2.75) is 12.5 Å². The van der Waals surface area contributed by atoms with Crippen LogP contribution in [-0.4, -0.2) is 22.0 Å². The van der Waals surface area contributed by atoms with Crippen molar-refractivity contribution in [1.82, 2.24) is 20.3 Å². The van der Waals surface area contributed by atoms with Gasteiger partial charge in [-0.15, -0.1) is 17.4 Å². The van der Waals surface area contributed by atoms with Crippen LogP contribution in [0.1, 0.15) is 18.2 Å². The first-order valence-corrected chi connectivity index (χ1v) is 4.65. The molecule has 0 saturated carbocycles. The van der Waals surface area contributed by atoms with E-state index in [1.165, 1.54) is 0 Å². The standard InChI is InChI=1S/C8H11BrN4/c1-4-5-6(10-2)7-8(9)11-12-13(7)3/h1,6,10H,5H2,2-3H3. The molecule has 0 aliphatic carbocycles. The van der Waals surface area contributed by atoms with Crippen molar-refractivity contribution >= 4 is 15.9 Å². The van der Waals surface area contributed by atoms with Crippen molar-refractivity contribution in [2.75, 3.05) is 7.05 Å². The zero-order chi connectivity index (χ0) is 9.84. The summed E-state index contributed by atoms with van der Waals surface area (Å²) in [6.45, 7) is 0. The van der Waals surface area contributed by atoms with Gasteiger partial charge in [0.25, 0.3) is 0 Å². The van der Waals surface area contributed by atoms with Crippen LogP contribution in [0.2, 0.25) is 0 Å². The molecular weight excluding hydrogens is 232 g/mol. The Morgan fingerprint density at radius 2 is 2.46 bits per heavy atom. The Morgan fingerprint density at radius 3 is 2.85 bits per heavy atom. The normalized spacial score (nSPS) is 12.5. The van der Waals surface area contributed by atoms with Crippen molar-refractivity contribution in [3.05, 3.63) is 10.3 Å². The molecule has 0 radical (unpaired) electrons. The fourth-order valence-electron chi connectivity index (χ4n) is 1.16. The molecule has 5 heteroatoms. The van der Waals surface area contributed by atoms with E-state index in [0.29, 0.717) is 6.42 Å². The lowest BCUT2D eigenvalue weighted by Gasteiger charge is -2.12. The van der Waals surface area contributed by atoms with Gasteiger partial charge in [0.1, 0.15) is 0 Å². The highest BCUT2D eigenvalue weighted by molar-refractivity contribution is 9.10. The summed E-state index contributed by atoms with van der Waals surface area (Å²) < 4.78 is 2.45. The number of rotatable bonds is 3. The van der Waals surface area contributed by atoms with E-state index in [9.17, 15) is 0 Å². The molecule has 0 bridgehead atoms. The van der Waals surface area contributed by atoms with Gasteiger partial charge in [0, 0.05) is 13.5 Å². The monoisotopic (exact) mass is 242 g/mol. The minimum absolute atomic E-state index is 0.0966. The van der Waals surface area contributed by atoms with E-state index in [1.807, 2.05) is 14.1 Å². The number of terminal acetylenes is 1. The third-order valence-corrected chi connectivity index (χ3v) is 2.39. The molecule has 1 atom stereocenters. The molecule has 4 nitrogen and oxygen atoms in total. The van der Waals surface area contributed by atoms with Crippen molar-refractivity contribution in [2.24, 2.45) is 7.05 Å². The van der Waals surface area contributed by atoms with Crippen molar-refractivity contribution in [3.63, 3.8) is 0 Å². The largest absolute Gasteiger partial charge is 0.311 e. The van der Waals surface area contributed by atoms with Crippen LogP contribution in [0.5, 0.6) is 0 Å². The summed E-state index contributed by atoms with van der Waals surface area (Å²) in [5, 5.41) is 10.9. The third kappa shape index (κ3) is 2.08. The first-order valence-electron chi connectivity index (χ1n) is 3.86. The van der Waals surface area contributed by atoms with Gasteiger partial charge in [0.15, 0.2) is 4.60 Å². The highest BCUT2D eigenvalue weighted by Crippen LogP contribution is 2.21. The summed E-state index contributed by atoms with van der Waals surface area (Å²) in [6, 6.07) is 0.0966. The number of nitrogens with one attached hydrogen (secondary N) is 1. The van der Waals surface area contributed by atoms with E-state index in [-0.39, 0.29) is 6.04 Å². The SMILES string of the molecule is C#CCC(NC)c1c(Br)nnn1C. The van der Waals surface area contributed by atoms with Crippen LogP contribution in [0, 0.1) is 12.3 Å². The molecule has 1 aromatic rings. The van der Waals surface area contributed by atoms with Crippen molar-refractivity contribution < 1.29 is 0 Å². The lowest BCUT2D eigenvalue weighted by molar-refractivity contribution is 0.546. The van der Waals surface area contributed by atoms with Crippen LogP contribution in [0.25, 0.3) is 0 Å². The molecule has 1 heterocycles. The Kier molecular flexibility index (Phi) is 3.46. The van der Waals surface area contributed by atoms with Crippen LogP contribution < -0.4 is 5.32 Å². The molecular formula is C8H11BrN4. The maximum absolute atomic E-state index is 5.26. The molecule has 0 fully saturated rings. The van der Waals surface area contributed by atoms with Crippen LogP contribution in [0.4, 0.5) is 0 Å². The minimum atomic E-state index is 0.0966. The van der Waals surface area contributed by atoms with Crippen LogP contribution >= 0.6 is 15.9 Å². The fraction of sp³-hybridized carbons (Fsp3) is 0.500. The summed E-state index contributed by atoms with van der Waals surface area (Å²) in [5.74, 6) is 2.61. The van der Waals surface area contributed by atoms with Gasteiger partial charge in [0.05, 0.1) is 11.7 Å². The van der Waals surface area contributed by atoms with Gasteiger partial charge in [-0.3, -0.25) is 0 Å². The molecule has 13 heavy (non-hydrogen) atoms. The average Bonchev–Trinajstić information content (AvgIpc) is 2.43. The summed E-state index contributed by atoms with van der Waals surface area (Å²) in [4.78, 5) is 0. The maximum Gasteiger partial charge on any atom is 0.153 e. The van der Waals surface area contributed by atoms with E-state index >= 15 is 0 Å².